The van der Waals surface area contributed by atoms with E-state index in [1.165, 1.54) is 6.42 Å². The Labute approximate surface area is 254 Å². The van der Waals surface area contributed by atoms with Crippen LogP contribution < -0.4 is 10.2 Å². The minimum Gasteiger partial charge on any atom is -0.489 e. The van der Waals surface area contributed by atoms with Gasteiger partial charge >= 0.3 is 10.4 Å². The molecule has 0 radical (unpaired) electrons. The Hall–Kier alpha value is -3.45. The molecule has 1 aliphatic rings. The Morgan fingerprint density at radius 1 is 0.976 bits per heavy atom. The van der Waals surface area contributed by atoms with Gasteiger partial charge in [-0.05, 0) is 67.8 Å². The highest BCUT2D eigenvalue weighted by Gasteiger charge is 2.24. The molecule has 0 unspecified atom stereocenters. The third-order valence-electron chi connectivity index (χ3n) is 6.45. The fourth-order valence-electron chi connectivity index (χ4n) is 4.52. The molecule has 2 heterocycles. The van der Waals surface area contributed by atoms with Gasteiger partial charge < -0.3 is 4.74 Å². The highest BCUT2D eigenvalue weighted by molar-refractivity contribution is 7.79. The topological polar surface area (TPSA) is 134 Å². The van der Waals surface area contributed by atoms with Crippen LogP contribution in [0.1, 0.15) is 41.0 Å². The second-order valence-corrected chi connectivity index (χ2v) is 11.3. The summed E-state index contributed by atoms with van der Waals surface area (Å²) in [4.78, 5) is 18.0. The predicted molar refractivity (Wildman–Crippen MR) is 162 cm³/mol. The van der Waals surface area contributed by atoms with E-state index in [-0.39, 0.29) is 5.91 Å². The average Bonchev–Trinajstić information content (AvgIpc) is 3.29. The van der Waals surface area contributed by atoms with Crippen molar-refractivity contribution in [2.75, 3.05) is 13.1 Å². The number of nitrogens with one attached hydrogen (secondary N) is 1. The molecule has 0 bridgehead atoms. The van der Waals surface area contributed by atoms with Gasteiger partial charge in [0.25, 0.3) is 5.91 Å². The number of amides is 1. The number of ether oxygens (including phenoxy) is 1. The van der Waals surface area contributed by atoms with Crippen LogP contribution in [0.2, 0.25) is 10.0 Å². The molecule has 13 heteroatoms. The summed E-state index contributed by atoms with van der Waals surface area (Å²) in [5, 5.41) is 2.97. The van der Waals surface area contributed by atoms with Crippen LogP contribution in [0.25, 0.3) is 17.1 Å². The predicted octanol–water partition coefficient (Wildman–Crippen LogP) is 6.21. The molecule has 0 aliphatic carbocycles. The van der Waals surface area contributed by atoms with Crippen molar-refractivity contribution in [3.63, 3.8) is 0 Å². The van der Waals surface area contributed by atoms with Crippen molar-refractivity contribution in [3.8, 4) is 22.8 Å². The molecule has 4 aromatic rings. The van der Waals surface area contributed by atoms with Gasteiger partial charge in [0.05, 0.1) is 10.7 Å². The van der Waals surface area contributed by atoms with E-state index in [2.05, 4.69) is 5.43 Å². The van der Waals surface area contributed by atoms with Crippen molar-refractivity contribution < 1.29 is 27.1 Å². The fourth-order valence-corrected chi connectivity index (χ4v) is 5.01. The normalized spacial score (nSPS) is 13.6. The molecule has 1 amide bonds. The molecule has 5 rings (SSSR count). The molecule has 10 nitrogen and oxygen atoms in total. The van der Waals surface area contributed by atoms with Gasteiger partial charge in [-0.3, -0.25) is 23.9 Å². The van der Waals surface area contributed by atoms with Crippen molar-refractivity contribution in [1.29, 1.82) is 0 Å². The summed E-state index contributed by atoms with van der Waals surface area (Å²) >= 11 is 12.7. The number of carbonyl (C=O) groups excluding carboxylic acids is 1. The van der Waals surface area contributed by atoms with Crippen LogP contribution in [0.15, 0.2) is 72.8 Å². The van der Waals surface area contributed by atoms with Crippen LogP contribution >= 0.6 is 23.2 Å². The average molecular weight is 634 g/mol. The number of hydrogen-bond donors (Lipinski definition) is 3. The van der Waals surface area contributed by atoms with Gasteiger partial charge in [0.1, 0.15) is 18.2 Å². The summed E-state index contributed by atoms with van der Waals surface area (Å²) in [6, 6.07) is 23.0. The summed E-state index contributed by atoms with van der Waals surface area (Å²) in [5.74, 6) is 1.09. The first kappa shape index (κ1) is 31.5. The minimum absolute atomic E-state index is 0.229. The number of carbonyl (C=O) groups is 1. The monoisotopic (exact) mass is 632 g/mol. The van der Waals surface area contributed by atoms with E-state index < -0.39 is 10.4 Å². The summed E-state index contributed by atoms with van der Waals surface area (Å²) < 4.78 is 39.5. The summed E-state index contributed by atoms with van der Waals surface area (Å²) in [5.41, 5.74) is 6.73. The maximum atomic E-state index is 13.3. The Morgan fingerprint density at radius 3 is 2.24 bits per heavy atom. The van der Waals surface area contributed by atoms with Crippen LogP contribution in [0.3, 0.4) is 0 Å². The minimum atomic E-state index is -4.67. The molecule has 3 aromatic carbocycles. The zero-order valence-corrected chi connectivity index (χ0v) is 25.0. The van der Waals surface area contributed by atoms with Crippen molar-refractivity contribution in [2.45, 2.75) is 32.8 Å². The lowest BCUT2D eigenvalue weighted by atomic mass is 10.2. The third-order valence-corrected chi connectivity index (χ3v) is 7.00. The SMILES string of the molecule is Cc1c(C(=O)NN2CCCCC2)nc(-c2ccc(Cl)cc2Cl)n1-c1ccc(OCc2ccccc2)cc1.O=S(=O)(O)O. The van der Waals surface area contributed by atoms with Crippen molar-refractivity contribution >= 4 is 39.5 Å². The molecular formula is C29H30Cl2N4O6S. The zero-order valence-electron chi connectivity index (χ0n) is 22.7. The lowest BCUT2D eigenvalue weighted by Crippen LogP contribution is -2.45. The number of aromatic nitrogens is 2. The van der Waals surface area contributed by atoms with Gasteiger partial charge in [-0.1, -0.05) is 60.0 Å². The number of hydrazine groups is 1. The standard InChI is InChI=1S/C29H28Cl2N4O2.H2O4S/c1-20-27(29(36)33-34-16-6-3-7-17-34)32-28(25-15-10-22(30)18-26(25)31)35(20)23-11-13-24(14-12-23)37-19-21-8-4-2-5-9-21;1-5(2,3)4/h2,4-5,8-15,18H,3,6-7,16-17,19H2,1H3,(H,33,36);(H2,1,2,3,4). The summed E-state index contributed by atoms with van der Waals surface area (Å²) in [7, 11) is -4.67. The Balaban J connectivity index is 0.000000748. The number of nitrogens with zero attached hydrogens (tertiary/aromatic N) is 3. The first-order valence-electron chi connectivity index (χ1n) is 13.1. The van der Waals surface area contributed by atoms with Crippen LogP contribution in [0, 0.1) is 6.92 Å². The molecule has 1 aliphatic heterocycles. The van der Waals surface area contributed by atoms with Crippen molar-refractivity contribution in [1.82, 2.24) is 20.0 Å². The summed E-state index contributed by atoms with van der Waals surface area (Å²) in [6.45, 7) is 4.06. The zero-order chi connectivity index (χ0) is 30.3. The maximum absolute atomic E-state index is 13.3. The highest BCUT2D eigenvalue weighted by Crippen LogP contribution is 2.33. The van der Waals surface area contributed by atoms with Gasteiger partial charge in [-0.2, -0.15) is 8.42 Å². The lowest BCUT2D eigenvalue weighted by molar-refractivity contribution is 0.0744. The number of imidazole rings is 1. The fraction of sp³-hybridized carbons (Fsp3) is 0.241. The largest absolute Gasteiger partial charge is 0.489 e. The van der Waals surface area contributed by atoms with E-state index in [0.29, 0.717) is 39.4 Å². The van der Waals surface area contributed by atoms with Gasteiger partial charge in [0.15, 0.2) is 5.69 Å². The van der Waals surface area contributed by atoms with Crippen LogP contribution in [0.5, 0.6) is 5.75 Å². The molecule has 0 spiro atoms. The van der Waals surface area contributed by atoms with Gasteiger partial charge in [0.2, 0.25) is 0 Å². The summed E-state index contributed by atoms with van der Waals surface area (Å²) in [6.07, 6.45) is 3.32. The van der Waals surface area contributed by atoms with Crippen LogP contribution in [-0.2, 0) is 17.0 Å². The Kier molecular flexibility index (Phi) is 10.6. The highest BCUT2D eigenvalue weighted by atomic mass is 35.5. The Bertz CT molecular complexity index is 1620. The molecule has 42 heavy (non-hydrogen) atoms. The van der Waals surface area contributed by atoms with Gasteiger partial charge in [-0.25, -0.2) is 9.99 Å². The van der Waals surface area contributed by atoms with E-state index in [1.54, 1.807) is 12.1 Å². The molecule has 1 fully saturated rings. The Morgan fingerprint density at radius 2 is 1.62 bits per heavy atom. The van der Waals surface area contributed by atoms with Crippen molar-refractivity contribution in [2.24, 2.45) is 0 Å². The quantitative estimate of drug-likeness (QED) is 0.205. The number of hydrogen-bond acceptors (Lipinski definition) is 6. The number of rotatable bonds is 7. The van der Waals surface area contributed by atoms with E-state index in [9.17, 15) is 4.79 Å². The first-order chi connectivity index (χ1) is 20.0. The first-order valence-corrected chi connectivity index (χ1v) is 15.2. The smallest absolute Gasteiger partial charge is 0.394 e. The number of piperidine rings is 1. The van der Waals surface area contributed by atoms with E-state index in [0.717, 1.165) is 42.9 Å². The van der Waals surface area contributed by atoms with Crippen LogP contribution in [0.4, 0.5) is 0 Å². The van der Waals surface area contributed by atoms with E-state index in [1.807, 2.05) is 77.2 Å². The number of halogens is 2. The molecule has 1 aromatic heterocycles. The second-order valence-electron chi connectivity index (χ2n) is 9.53. The number of benzene rings is 3. The van der Waals surface area contributed by atoms with Gasteiger partial charge in [-0.15, -0.1) is 0 Å². The molecular weight excluding hydrogens is 603 g/mol. The maximum Gasteiger partial charge on any atom is 0.394 e. The van der Waals surface area contributed by atoms with E-state index >= 15 is 0 Å². The van der Waals surface area contributed by atoms with Gasteiger partial charge in [0, 0.05) is 29.4 Å². The molecule has 1 saturated heterocycles. The van der Waals surface area contributed by atoms with Crippen LogP contribution in [-0.4, -0.2) is 51.1 Å². The lowest BCUT2D eigenvalue weighted by Gasteiger charge is -2.26. The molecule has 3 N–H and O–H groups in total. The van der Waals surface area contributed by atoms with E-state index in [4.69, 9.17) is 50.4 Å². The molecule has 222 valence electrons. The molecule has 0 saturated carbocycles. The second kappa shape index (κ2) is 14.1. The molecule has 0 atom stereocenters. The third kappa shape index (κ3) is 8.78. The van der Waals surface area contributed by atoms with Crippen molar-refractivity contribution in [3.05, 3.63) is 99.8 Å².